The highest BCUT2D eigenvalue weighted by atomic mass is 16.3. The number of nitrogens with one attached hydrogen (secondary N) is 2. The average Bonchev–Trinajstić information content (AvgIpc) is 3.01. The molecule has 1 aromatic heterocycles. The number of aromatic amines is 1. The molecule has 3 rings (SSSR count). The molecule has 1 amide bonds. The molecule has 22 heavy (non-hydrogen) atoms. The zero-order valence-electron chi connectivity index (χ0n) is 12.1. The second kappa shape index (κ2) is 6.45. The molecule has 0 aliphatic heterocycles. The van der Waals surface area contributed by atoms with E-state index in [9.17, 15) is 9.90 Å². The molecule has 0 saturated heterocycles. The van der Waals surface area contributed by atoms with Crippen molar-refractivity contribution in [3.8, 4) is 0 Å². The van der Waals surface area contributed by atoms with Crippen LogP contribution in [0.15, 0.2) is 60.8 Å². The first kappa shape index (κ1) is 14.4. The van der Waals surface area contributed by atoms with Crippen molar-refractivity contribution in [2.45, 2.75) is 12.5 Å². The minimum atomic E-state index is -0.595. The van der Waals surface area contributed by atoms with E-state index in [1.54, 1.807) is 6.07 Å². The van der Waals surface area contributed by atoms with Crippen LogP contribution in [0.5, 0.6) is 0 Å². The molecule has 4 nitrogen and oxygen atoms in total. The molecule has 1 unspecified atom stereocenters. The third kappa shape index (κ3) is 3.35. The second-order valence-corrected chi connectivity index (χ2v) is 5.33. The molecule has 3 aromatic rings. The normalized spacial score (nSPS) is 12.2. The van der Waals surface area contributed by atoms with E-state index < -0.39 is 6.10 Å². The van der Waals surface area contributed by atoms with Crippen LogP contribution in [0.25, 0.3) is 10.9 Å². The van der Waals surface area contributed by atoms with Gasteiger partial charge >= 0.3 is 0 Å². The Morgan fingerprint density at radius 3 is 2.77 bits per heavy atom. The Morgan fingerprint density at radius 1 is 1.14 bits per heavy atom. The second-order valence-electron chi connectivity index (χ2n) is 5.33. The molecule has 0 fully saturated rings. The summed E-state index contributed by atoms with van der Waals surface area (Å²) < 4.78 is 0. The Labute approximate surface area is 128 Å². The average molecular weight is 294 g/mol. The Hall–Kier alpha value is -2.59. The predicted octanol–water partition coefficient (Wildman–Crippen LogP) is 2.50. The van der Waals surface area contributed by atoms with Gasteiger partial charge in [0.15, 0.2) is 0 Å². The van der Waals surface area contributed by atoms with Gasteiger partial charge in [0.2, 0.25) is 0 Å². The zero-order valence-corrected chi connectivity index (χ0v) is 12.1. The first-order chi connectivity index (χ1) is 10.7. The van der Waals surface area contributed by atoms with Gasteiger partial charge in [-0.05, 0) is 29.8 Å². The van der Waals surface area contributed by atoms with Crippen molar-refractivity contribution in [3.63, 3.8) is 0 Å². The fraction of sp³-hybridized carbons (Fsp3) is 0.167. The van der Waals surface area contributed by atoms with Gasteiger partial charge in [0.1, 0.15) is 0 Å². The summed E-state index contributed by atoms with van der Waals surface area (Å²) in [6.07, 6.45) is 1.77. The molecular weight excluding hydrogens is 276 g/mol. The summed E-state index contributed by atoms with van der Waals surface area (Å²) in [5.74, 6) is -0.171. The number of benzene rings is 2. The lowest BCUT2D eigenvalue weighted by Gasteiger charge is -2.12. The largest absolute Gasteiger partial charge is 0.391 e. The van der Waals surface area contributed by atoms with E-state index in [0.29, 0.717) is 12.0 Å². The van der Waals surface area contributed by atoms with Crippen LogP contribution in [0.1, 0.15) is 15.9 Å². The zero-order chi connectivity index (χ0) is 15.4. The number of hydrogen-bond acceptors (Lipinski definition) is 2. The van der Waals surface area contributed by atoms with Gasteiger partial charge in [-0.15, -0.1) is 0 Å². The lowest BCUT2D eigenvalue weighted by atomic mass is 10.1. The highest BCUT2D eigenvalue weighted by molar-refractivity contribution is 5.98. The maximum Gasteiger partial charge on any atom is 0.251 e. The third-order valence-corrected chi connectivity index (χ3v) is 3.63. The van der Waals surface area contributed by atoms with E-state index in [0.717, 1.165) is 16.5 Å². The van der Waals surface area contributed by atoms with Crippen molar-refractivity contribution in [2.24, 2.45) is 0 Å². The van der Waals surface area contributed by atoms with Gasteiger partial charge in [-0.2, -0.15) is 0 Å². The number of carbonyl (C=O) groups is 1. The third-order valence-electron chi connectivity index (χ3n) is 3.63. The summed E-state index contributed by atoms with van der Waals surface area (Å²) in [7, 11) is 0. The molecule has 1 heterocycles. The monoisotopic (exact) mass is 294 g/mol. The summed E-state index contributed by atoms with van der Waals surface area (Å²) in [4.78, 5) is 15.2. The predicted molar refractivity (Wildman–Crippen MR) is 86.8 cm³/mol. The van der Waals surface area contributed by atoms with Crippen molar-refractivity contribution in [3.05, 3.63) is 71.9 Å². The van der Waals surface area contributed by atoms with E-state index in [2.05, 4.69) is 10.3 Å². The van der Waals surface area contributed by atoms with Crippen molar-refractivity contribution < 1.29 is 9.90 Å². The van der Waals surface area contributed by atoms with E-state index in [4.69, 9.17) is 0 Å². The van der Waals surface area contributed by atoms with E-state index >= 15 is 0 Å². The van der Waals surface area contributed by atoms with Crippen LogP contribution in [0.2, 0.25) is 0 Å². The highest BCUT2D eigenvalue weighted by Crippen LogP contribution is 2.14. The van der Waals surface area contributed by atoms with Crippen molar-refractivity contribution in [1.82, 2.24) is 10.3 Å². The summed E-state index contributed by atoms with van der Waals surface area (Å²) in [5.41, 5.74) is 2.65. The first-order valence-electron chi connectivity index (χ1n) is 7.30. The number of rotatable bonds is 5. The molecule has 0 saturated carbocycles. The van der Waals surface area contributed by atoms with E-state index in [1.165, 1.54) is 0 Å². The van der Waals surface area contributed by atoms with Gasteiger partial charge in [-0.3, -0.25) is 4.79 Å². The fourth-order valence-corrected chi connectivity index (χ4v) is 2.47. The number of aromatic nitrogens is 1. The Kier molecular flexibility index (Phi) is 4.21. The van der Waals surface area contributed by atoms with Crippen LogP contribution < -0.4 is 5.32 Å². The van der Waals surface area contributed by atoms with Gasteiger partial charge in [0, 0.05) is 35.6 Å². The number of H-pyrrole nitrogens is 1. The number of amides is 1. The van der Waals surface area contributed by atoms with Crippen molar-refractivity contribution in [2.75, 3.05) is 6.54 Å². The lowest BCUT2D eigenvalue weighted by molar-refractivity contribution is 0.0916. The highest BCUT2D eigenvalue weighted by Gasteiger charge is 2.10. The summed E-state index contributed by atoms with van der Waals surface area (Å²) in [5, 5.41) is 13.8. The van der Waals surface area contributed by atoms with Gasteiger partial charge in [-0.25, -0.2) is 0 Å². The van der Waals surface area contributed by atoms with Crippen LogP contribution in [0.4, 0.5) is 0 Å². The molecule has 0 spiro atoms. The summed E-state index contributed by atoms with van der Waals surface area (Å²) in [6.45, 7) is 0.235. The summed E-state index contributed by atoms with van der Waals surface area (Å²) in [6, 6.07) is 17.2. The van der Waals surface area contributed by atoms with Crippen LogP contribution in [-0.2, 0) is 6.42 Å². The Bertz CT molecular complexity index is 765. The number of fused-ring (bicyclic) bond motifs is 1. The van der Waals surface area contributed by atoms with Gasteiger partial charge in [0.05, 0.1) is 6.10 Å². The quantitative estimate of drug-likeness (QED) is 0.677. The molecule has 0 radical (unpaired) electrons. The number of hydrogen-bond donors (Lipinski definition) is 3. The van der Waals surface area contributed by atoms with Gasteiger partial charge in [0.25, 0.3) is 5.91 Å². The molecular formula is C18H18N2O2. The SMILES string of the molecule is O=C(NCC(O)Cc1ccccc1)c1ccc2[nH]ccc2c1. The topological polar surface area (TPSA) is 65.1 Å². The fourth-order valence-electron chi connectivity index (χ4n) is 2.47. The van der Waals surface area contributed by atoms with Crippen molar-refractivity contribution in [1.29, 1.82) is 0 Å². The van der Waals surface area contributed by atoms with E-state index in [1.807, 2.05) is 54.7 Å². The number of carbonyl (C=O) groups excluding carboxylic acids is 1. The standard InChI is InChI=1S/C18H18N2O2/c21-16(10-13-4-2-1-3-5-13)12-20-18(22)15-6-7-17-14(11-15)8-9-19-17/h1-9,11,16,19,21H,10,12H2,(H,20,22). The minimum absolute atomic E-state index is 0.171. The van der Waals surface area contributed by atoms with Crippen LogP contribution >= 0.6 is 0 Å². The van der Waals surface area contributed by atoms with Crippen molar-refractivity contribution >= 4 is 16.8 Å². The minimum Gasteiger partial charge on any atom is -0.391 e. The molecule has 1 atom stereocenters. The molecule has 4 heteroatoms. The molecule has 2 aromatic carbocycles. The first-order valence-corrected chi connectivity index (χ1v) is 7.30. The van der Waals surface area contributed by atoms with Gasteiger partial charge < -0.3 is 15.4 Å². The lowest BCUT2D eigenvalue weighted by Crippen LogP contribution is -2.33. The summed E-state index contributed by atoms with van der Waals surface area (Å²) >= 11 is 0. The van der Waals surface area contributed by atoms with Crippen LogP contribution in [-0.4, -0.2) is 28.6 Å². The Balaban J connectivity index is 1.57. The smallest absolute Gasteiger partial charge is 0.251 e. The molecule has 0 aliphatic rings. The van der Waals surface area contributed by atoms with Gasteiger partial charge in [-0.1, -0.05) is 30.3 Å². The maximum absolute atomic E-state index is 12.1. The van der Waals surface area contributed by atoms with Crippen LogP contribution in [0, 0.1) is 0 Å². The molecule has 3 N–H and O–H groups in total. The molecule has 0 aliphatic carbocycles. The van der Waals surface area contributed by atoms with Crippen LogP contribution in [0.3, 0.4) is 0 Å². The maximum atomic E-state index is 12.1. The molecule has 0 bridgehead atoms. The Morgan fingerprint density at radius 2 is 1.95 bits per heavy atom. The van der Waals surface area contributed by atoms with E-state index in [-0.39, 0.29) is 12.5 Å². The number of aliphatic hydroxyl groups excluding tert-OH is 1. The number of aliphatic hydroxyl groups is 1. The molecule has 112 valence electrons.